The lowest BCUT2D eigenvalue weighted by molar-refractivity contribution is -0.120. The van der Waals surface area contributed by atoms with Crippen molar-refractivity contribution in [1.82, 2.24) is 14.8 Å². The minimum absolute atomic E-state index is 0.0393. The zero-order valence-corrected chi connectivity index (χ0v) is 14.1. The summed E-state index contributed by atoms with van der Waals surface area (Å²) in [5.74, 6) is -0.0393. The van der Waals surface area contributed by atoms with Crippen LogP contribution >= 0.6 is 11.6 Å². The number of carbonyl (C=O) groups is 1. The summed E-state index contributed by atoms with van der Waals surface area (Å²) in [7, 11) is 0. The number of morpholine rings is 1. The van der Waals surface area contributed by atoms with E-state index in [1.807, 2.05) is 6.92 Å². The van der Waals surface area contributed by atoms with E-state index < -0.39 is 0 Å². The van der Waals surface area contributed by atoms with Crippen LogP contribution in [0.2, 0.25) is 5.15 Å². The third-order valence-electron chi connectivity index (χ3n) is 4.70. The van der Waals surface area contributed by atoms with Crippen LogP contribution in [0.1, 0.15) is 13.3 Å². The van der Waals surface area contributed by atoms with Crippen molar-refractivity contribution >= 4 is 23.2 Å². The van der Waals surface area contributed by atoms with Crippen molar-refractivity contribution in [3.05, 3.63) is 23.5 Å². The lowest BCUT2D eigenvalue weighted by Gasteiger charge is -2.32. The van der Waals surface area contributed by atoms with Gasteiger partial charge in [0, 0.05) is 38.4 Å². The van der Waals surface area contributed by atoms with Crippen molar-refractivity contribution in [2.45, 2.75) is 25.4 Å². The number of nitrogens with one attached hydrogen (secondary N) is 1. The third kappa shape index (κ3) is 4.01. The molecule has 1 N–H and O–H groups in total. The highest BCUT2D eigenvalue weighted by atomic mass is 35.5. The first-order valence-electron chi connectivity index (χ1n) is 8.12. The summed E-state index contributed by atoms with van der Waals surface area (Å²) < 4.78 is 5.41. The van der Waals surface area contributed by atoms with Gasteiger partial charge in [-0.1, -0.05) is 11.6 Å². The maximum Gasteiger partial charge on any atom is 0.241 e. The predicted octanol–water partition coefficient (Wildman–Crippen LogP) is 1.47. The Kier molecular flexibility index (Phi) is 5.48. The molecule has 23 heavy (non-hydrogen) atoms. The number of amides is 1. The molecule has 2 atom stereocenters. The number of hydrogen-bond acceptors (Lipinski definition) is 5. The average Bonchev–Trinajstić information content (AvgIpc) is 3.07. The van der Waals surface area contributed by atoms with Gasteiger partial charge in [0.05, 0.1) is 24.9 Å². The molecule has 6 nitrogen and oxygen atoms in total. The van der Waals surface area contributed by atoms with Crippen LogP contribution in [0, 0.1) is 0 Å². The molecule has 3 rings (SSSR count). The van der Waals surface area contributed by atoms with E-state index in [2.05, 4.69) is 20.1 Å². The lowest BCUT2D eigenvalue weighted by atomic mass is 10.2. The molecule has 0 aromatic carbocycles. The number of nitrogens with zero attached hydrogens (tertiary/aromatic N) is 3. The van der Waals surface area contributed by atoms with Crippen molar-refractivity contribution in [2.24, 2.45) is 0 Å². The highest BCUT2D eigenvalue weighted by molar-refractivity contribution is 6.32. The second-order valence-corrected chi connectivity index (χ2v) is 6.45. The average molecular weight is 339 g/mol. The molecular weight excluding hydrogens is 316 g/mol. The molecular formula is C16H23ClN4O2. The van der Waals surface area contributed by atoms with Crippen LogP contribution in [0.4, 0.5) is 5.69 Å². The van der Waals surface area contributed by atoms with Crippen LogP contribution < -0.4 is 5.32 Å². The minimum atomic E-state index is -0.183. The van der Waals surface area contributed by atoms with Gasteiger partial charge in [-0.15, -0.1) is 0 Å². The highest BCUT2D eigenvalue weighted by Crippen LogP contribution is 2.21. The number of rotatable bonds is 4. The maximum atomic E-state index is 12.5. The molecule has 0 saturated carbocycles. The number of likely N-dealkylation sites (tertiary alicyclic amines) is 1. The van der Waals surface area contributed by atoms with Crippen molar-refractivity contribution in [2.75, 3.05) is 44.7 Å². The molecule has 0 spiro atoms. The van der Waals surface area contributed by atoms with Gasteiger partial charge in [-0.2, -0.15) is 0 Å². The van der Waals surface area contributed by atoms with Gasteiger partial charge in [0.15, 0.2) is 5.15 Å². The molecule has 0 unspecified atom stereocenters. The van der Waals surface area contributed by atoms with Crippen molar-refractivity contribution in [1.29, 1.82) is 0 Å². The summed E-state index contributed by atoms with van der Waals surface area (Å²) in [5.41, 5.74) is 0.565. The van der Waals surface area contributed by atoms with E-state index in [0.717, 1.165) is 45.8 Å². The smallest absolute Gasteiger partial charge is 0.241 e. The first-order valence-corrected chi connectivity index (χ1v) is 8.50. The second-order valence-electron chi connectivity index (χ2n) is 6.09. The fourth-order valence-electron chi connectivity index (χ4n) is 3.24. The topological polar surface area (TPSA) is 57.7 Å². The SMILES string of the molecule is C[C@@H](C(=O)Nc1cccnc1Cl)N1CC[C@@H](N2CCOCC2)C1. The molecule has 126 valence electrons. The first kappa shape index (κ1) is 16.6. The summed E-state index contributed by atoms with van der Waals surface area (Å²) in [4.78, 5) is 21.2. The molecule has 2 saturated heterocycles. The number of carbonyl (C=O) groups excluding carboxylic acids is 1. The standard InChI is InChI=1S/C16H23ClN4O2/c1-12(16(22)19-14-3-2-5-18-15(14)17)21-6-4-13(11-21)20-7-9-23-10-8-20/h2-3,5,12-13H,4,6-11H2,1H3,(H,19,22)/t12-,13+/m0/s1. The zero-order valence-electron chi connectivity index (χ0n) is 13.4. The number of pyridine rings is 1. The van der Waals surface area contributed by atoms with Gasteiger partial charge in [-0.3, -0.25) is 14.6 Å². The van der Waals surface area contributed by atoms with E-state index in [0.29, 0.717) is 16.9 Å². The second kappa shape index (κ2) is 7.57. The van der Waals surface area contributed by atoms with Crippen LogP contribution in [0.25, 0.3) is 0 Å². The summed E-state index contributed by atoms with van der Waals surface area (Å²) in [6.07, 6.45) is 2.71. The normalized spacial score (nSPS) is 24.5. The van der Waals surface area contributed by atoms with Gasteiger partial charge < -0.3 is 10.1 Å². The van der Waals surface area contributed by atoms with Crippen LogP contribution in [-0.2, 0) is 9.53 Å². The summed E-state index contributed by atoms with van der Waals surface area (Å²) >= 11 is 6.00. The summed E-state index contributed by atoms with van der Waals surface area (Å²) in [6.45, 7) is 7.42. The van der Waals surface area contributed by atoms with Crippen molar-refractivity contribution in [3.8, 4) is 0 Å². The molecule has 0 aliphatic carbocycles. The molecule has 1 aromatic rings. The molecule has 2 aliphatic heterocycles. The Morgan fingerprint density at radius 3 is 2.96 bits per heavy atom. The Hall–Kier alpha value is -1.21. The quantitative estimate of drug-likeness (QED) is 0.842. The molecule has 7 heteroatoms. The molecule has 1 aromatic heterocycles. The monoisotopic (exact) mass is 338 g/mol. The molecule has 0 bridgehead atoms. The predicted molar refractivity (Wildman–Crippen MR) is 89.7 cm³/mol. The van der Waals surface area contributed by atoms with Gasteiger partial charge >= 0.3 is 0 Å². The number of aromatic nitrogens is 1. The van der Waals surface area contributed by atoms with Gasteiger partial charge in [-0.05, 0) is 25.5 Å². The number of halogens is 1. The number of hydrogen-bond donors (Lipinski definition) is 1. The molecule has 3 heterocycles. The van der Waals surface area contributed by atoms with Crippen molar-refractivity contribution < 1.29 is 9.53 Å². The maximum absolute atomic E-state index is 12.5. The van der Waals surface area contributed by atoms with E-state index in [1.165, 1.54) is 0 Å². The molecule has 0 radical (unpaired) electrons. The third-order valence-corrected chi connectivity index (χ3v) is 5.00. The van der Waals surface area contributed by atoms with Crippen LogP contribution in [0.15, 0.2) is 18.3 Å². The fourth-order valence-corrected chi connectivity index (χ4v) is 3.41. The van der Waals surface area contributed by atoms with Crippen molar-refractivity contribution in [3.63, 3.8) is 0 Å². The summed E-state index contributed by atoms with van der Waals surface area (Å²) in [6, 6.07) is 3.87. The van der Waals surface area contributed by atoms with Crippen LogP contribution in [0.3, 0.4) is 0 Å². The Bertz CT molecular complexity index is 551. The molecule has 2 aliphatic rings. The zero-order chi connectivity index (χ0) is 16.2. The van der Waals surface area contributed by atoms with Crippen LogP contribution in [0.5, 0.6) is 0 Å². The fraction of sp³-hybridized carbons (Fsp3) is 0.625. The van der Waals surface area contributed by atoms with E-state index in [9.17, 15) is 4.79 Å². The number of anilines is 1. The minimum Gasteiger partial charge on any atom is -0.379 e. The highest BCUT2D eigenvalue weighted by Gasteiger charge is 2.33. The Morgan fingerprint density at radius 1 is 1.43 bits per heavy atom. The van der Waals surface area contributed by atoms with E-state index in [-0.39, 0.29) is 11.9 Å². The Balaban J connectivity index is 1.55. The van der Waals surface area contributed by atoms with Gasteiger partial charge in [0.1, 0.15) is 0 Å². The van der Waals surface area contributed by atoms with E-state index in [4.69, 9.17) is 16.3 Å². The van der Waals surface area contributed by atoms with E-state index in [1.54, 1.807) is 18.3 Å². The number of ether oxygens (including phenoxy) is 1. The van der Waals surface area contributed by atoms with Gasteiger partial charge in [-0.25, -0.2) is 4.98 Å². The van der Waals surface area contributed by atoms with Gasteiger partial charge in [0.2, 0.25) is 5.91 Å². The Labute approximate surface area is 141 Å². The largest absolute Gasteiger partial charge is 0.379 e. The Morgan fingerprint density at radius 2 is 2.22 bits per heavy atom. The lowest BCUT2D eigenvalue weighted by Crippen LogP contribution is -2.46. The molecule has 2 fully saturated rings. The summed E-state index contributed by atoms with van der Waals surface area (Å²) in [5, 5.41) is 3.19. The van der Waals surface area contributed by atoms with Crippen LogP contribution in [-0.4, -0.2) is 72.2 Å². The van der Waals surface area contributed by atoms with E-state index >= 15 is 0 Å². The van der Waals surface area contributed by atoms with Gasteiger partial charge in [0.25, 0.3) is 0 Å². The first-order chi connectivity index (χ1) is 11.1. The molecule has 1 amide bonds.